The van der Waals surface area contributed by atoms with Gasteiger partial charge in [0.15, 0.2) is 0 Å². The van der Waals surface area contributed by atoms with Crippen molar-refractivity contribution >= 4 is 33.2 Å². The quantitative estimate of drug-likeness (QED) is 0.448. The third-order valence-electron chi connectivity index (χ3n) is 5.20. The first-order chi connectivity index (χ1) is 16.2. The van der Waals surface area contributed by atoms with E-state index in [1.165, 1.54) is 25.3 Å². The van der Waals surface area contributed by atoms with E-state index in [1.54, 1.807) is 31.4 Å². The number of carbonyl (C=O) groups excluding carboxylic acids is 1. The number of ether oxygens (including phenoxy) is 2. The number of halogens is 1. The molecule has 0 saturated heterocycles. The molecule has 3 rings (SSSR count). The van der Waals surface area contributed by atoms with Crippen molar-refractivity contribution in [3.8, 4) is 11.5 Å². The van der Waals surface area contributed by atoms with E-state index in [2.05, 4.69) is 5.32 Å². The zero-order valence-corrected chi connectivity index (χ0v) is 20.8. The molecule has 34 heavy (non-hydrogen) atoms. The van der Waals surface area contributed by atoms with Gasteiger partial charge in [0.2, 0.25) is 5.91 Å². The molecule has 3 aromatic carbocycles. The number of anilines is 1. The molecule has 0 aromatic heterocycles. The molecule has 0 fully saturated rings. The summed E-state index contributed by atoms with van der Waals surface area (Å²) in [6.45, 7) is 1.77. The van der Waals surface area contributed by atoms with E-state index in [0.717, 1.165) is 21.2 Å². The number of benzene rings is 3. The molecule has 1 N–H and O–H groups in total. The molecule has 9 heteroatoms. The topological polar surface area (TPSA) is 84.9 Å². The second-order valence-corrected chi connectivity index (χ2v) is 9.89. The molecule has 0 heterocycles. The van der Waals surface area contributed by atoms with Crippen molar-refractivity contribution in [1.29, 1.82) is 0 Å². The molecule has 3 aromatic rings. The SMILES string of the molecule is COc1ccc(CCNC(=O)CN(c2cc(Cl)ccc2OC)S(=O)(=O)c2ccc(C)cc2)cc1. The first kappa shape index (κ1) is 25.4. The Morgan fingerprint density at radius 3 is 2.26 bits per heavy atom. The van der Waals surface area contributed by atoms with Crippen LogP contribution in [-0.4, -0.2) is 41.6 Å². The summed E-state index contributed by atoms with van der Waals surface area (Å²) in [6, 6.07) is 18.6. The number of nitrogens with zero attached hydrogens (tertiary/aromatic N) is 1. The molecular formula is C25H27ClN2O5S. The van der Waals surface area contributed by atoms with Crippen LogP contribution in [0, 0.1) is 6.92 Å². The summed E-state index contributed by atoms with van der Waals surface area (Å²) in [5, 5.41) is 3.11. The Kier molecular flexibility index (Phi) is 8.41. The fraction of sp³-hybridized carbons (Fsp3) is 0.240. The molecule has 1 amide bonds. The molecular weight excluding hydrogens is 476 g/mol. The highest BCUT2D eigenvalue weighted by Gasteiger charge is 2.29. The molecule has 0 bridgehead atoms. The molecule has 0 spiro atoms. The summed E-state index contributed by atoms with van der Waals surface area (Å²) in [4.78, 5) is 12.9. The lowest BCUT2D eigenvalue weighted by Crippen LogP contribution is -2.41. The average molecular weight is 503 g/mol. The molecule has 0 atom stereocenters. The standard InChI is InChI=1S/C25H27ClN2O5S/c1-18-4-11-22(12-5-18)34(30,31)28(23-16-20(26)8-13-24(23)33-3)17-25(29)27-15-14-19-6-9-21(32-2)10-7-19/h4-13,16H,14-15,17H2,1-3H3,(H,27,29). The van der Waals surface area contributed by atoms with Gasteiger partial charge in [0.05, 0.1) is 24.8 Å². The van der Waals surface area contributed by atoms with E-state index in [0.29, 0.717) is 18.0 Å². The number of rotatable bonds is 10. The maximum absolute atomic E-state index is 13.6. The van der Waals surface area contributed by atoms with Gasteiger partial charge in [0, 0.05) is 11.6 Å². The van der Waals surface area contributed by atoms with Gasteiger partial charge in [0.1, 0.15) is 18.0 Å². The van der Waals surface area contributed by atoms with Crippen LogP contribution in [0.15, 0.2) is 71.6 Å². The minimum Gasteiger partial charge on any atom is -0.497 e. The lowest BCUT2D eigenvalue weighted by atomic mass is 10.1. The van der Waals surface area contributed by atoms with Crippen molar-refractivity contribution in [2.75, 3.05) is 31.6 Å². The Balaban J connectivity index is 1.83. The van der Waals surface area contributed by atoms with Gasteiger partial charge in [-0.25, -0.2) is 8.42 Å². The molecule has 0 aliphatic rings. The Hall–Kier alpha value is -3.23. The summed E-state index contributed by atoms with van der Waals surface area (Å²) >= 11 is 6.16. The van der Waals surface area contributed by atoms with Crippen LogP contribution < -0.4 is 19.1 Å². The van der Waals surface area contributed by atoms with Crippen molar-refractivity contribution in [1.82, 2.24) is 5.32 Å². The van der Waals surface area contributed by atoms with Gasteiger partial charge in [0.25, 0.3) is 10.0 Å². The smallest absolute Gasteiger partial charge is 0.264 e. The van der Waals surface area contributed by atoms with Crippen LogP contribution in [0.5, 0.6) is 11.5 Å². The lowest BCUT2D eigenvalue weighted by Gasteiger charge is -2.26. The van der Waals surface area contributed by atoms with Gasteiger partial charge in [-0.15, -0.1) is 0 Å². The summed E-state index contributed by atoms with van der Waals surface area (Å²) in [5.74, 6) is 0.581. The van der Waals surface area contributed by atoms with Crippen LogP contribution in [0.1, 0.15) is 11.1 Å². The van der Waals surface area contributed by atoms with E-state index in [4.69, 9.17) is 21.1 Å². The van der Waals surface area contributed by atoms with E-state index in [1.807, 2.05) is 31.2 Å². The molecule has 0 aliphatic heterocycles. The molecule has 0 aliphatic carbocycles. The monoisotopic (exact) mass is 502 g/mol. The predicted octanol–water partition coefficient (Wildman–Crippen LogP) is 4.22. The number of hydrogen-bond donors (Lipinski definition) is 1. The third kappa shape index (κ3) is 6.21. The lowest BCUT2D eigenvalue weighted by molar-refractivity contribution is -0.119. The van der Waals surface area contributed by atoms with Gasteiger partial charge in [-0.2, -0.15) is 0 Å². The number of methoxy groups -OCH3 is 2. The number of sulfonamides is 1. The fourth-order valence-electron chi connectivity index (χ4n) is 3.32. The van der Waals surface area contributed by atoms with Gasteiger partial charge in [-0.05, 0) is 61.4 Å². The van der Waals surface area contributed by atoms with Crippen molar-refractivity contribution < 1.29 is 22.7 Å². The fourth-order valence-corrected chi connectivity index (χ4v) is 4.91. The number of amides is 1. The highest BCUT2D eigenvalue weighted by Crippen LogP contribution is 2.34. The van der Waals surface area contributed by atoms with Gasteiger partial charge in [-0.1, -0.05) is 41.4 Å². The summed E-state index contributed by atoms with van der Waals surface area (Å²) in [7, 11) is -1.05. The maximum Gasteiger partial charge on any atom is 0.264 e. The van der Waals surface area contributed by atoms with Gasteiger partial charge in [-0.3, -0.25) is 9.10 Å². The van der Waals surface area contributed by atoms with Crippen LogP contribution in [-0.2, 0) is 21.2 Å². The highest BCUT2D eigenvalue weighted by atomic mass is 35.5. The van der Waals surface area contributed by atoms with Gasteiger partial charge >= 0.3 is 0 Å². The van der Waals surface area contributed by atoms with Crippen LogP contribution in [0.2, 0.25) is 5.02 Å². The van der Waals surface area contributed by atoms with Gasteiger partial charge < -0.3 is 14.8 Å². The predicted molar refractivity (Wildman–Crippen MR) is 133 cm³/mol. The second kappa shape index (κ2) is 11.3. The molecule has 180 valence electrons. The highest BCUT2D eigenvalue weighted by molar-refractivity contribution is 7.92. The third-order valence-corrected chi connectivity index (χ3v) is 7.21. The van der Waals surface area contributed by atoms with Crippen LogP contribution >= 0.6 is 11.6 Å². The number of hydrogen-bond acceptors (Lipinski definition) is 5. The molecule has 7 nitrogen and oxygen atoms in total. The second-order valence-electron chi connectivity index (χ2n) is 7.59. The van der Waals surface area contributed by atoms with Crippen LogP contribution in [0.3, 0.4) is 0 Å². The van der Waals surface area contributed by atoms with E-state index >= 15 is 0 Å². The Morgan fingerprint density at radius 2 is 1.65 bits per heavy atom. The minimum absolute atomic E-state index is 0.0613. The Labute approximate surface area is 205 Å². The van der Waals surface area contributed by atoms with Crippen molar-refractivity contribution in [3.63, 3.8) is 0 Å². The normalized spacial score (nSPS) is 11.1. The summed E-state index contributed by atoms with van der Waals surface area (Å²) in [6.07, 6.45) is 0.584. The van der Waals surface area contributed by atoms with Crippen molar-refractivity contribution in [3.05, 3.63) is 82.9 Å². The zero-order chi connectivity index (χ0) is 24.7. The van der Waals surface area contributed by atoms with E-state index in [-0.39, 0.29) is 16.3 Å². The maximum atomic E-state index is 13.6. The van der Waals surface area contributed by atoms with E-state index in [9.17, 15) is 13.2 Å². The van der Waals surface area contributed by atoms with E-state index < -0.39 is 22.5 Å². The van der Waals surface area contributed by atoms with Crippen molar-refractivity contribution in [2.45, 2.75) is 18.2 Å². The Morgan fingerprint density at radius 1 is 0.971 bits per heavy atom. The number of nitrogens with one attached hydrogen (secondary N) is 1. The Bertz CT molecular complexity index is 1230. The largest absolute Gasteiger partial charge is 0.497 e. The van der Waals surface area contributed by atoms with Crippen molar-refractivity contribution in [2.24, 2.45) is 0 Å². The molecule has 0 radical (unpaired) electrons. The molecule has 0 saturated carbocycles. The minimum atomic E-state index is -4.08. The van der Waals surface area contributed by atoms with Crippen LogP contribution in [0.25, 0.3) is 0 Å². The summed E-state index contributed by atoms with van der Waals surface area (Å²) < 4.78 is 38.6. The zero-order valence-electron chi connectivity index (χ0n) is 19.2. The van der Waals surface area contributed by atoms with Crippen LogP contribution in [0.4, 0.5) is 5.69 Å². The molecule has 0 unspecified atom stereocenters. The first-order valence-corrected chi connectivity index (χ1v) is 12.4. The number of carbonyl (C=O) groups is 1. The summed E-state index contributed by atoms with van der Waals surface area (Å²) in [5.41, 5.74) is 2.12. The first-order valence-electron chi connectivity index (χ1n) is 10.6. The number of aryl methyl sites for hydroxylation is 1. The average Bonchev–Trinajstić information content (AvgIpc) is 2.83.